The number of rotatable bonds is 3. The Bertz CT molecular complexity index is 564. The molecule has 0 saturated carbocycles. The quantitative estimate of drug-likeness (QED) is 0.625. The number of hydrogen-bond acceptors (Lipinski definition) is 5. The Morgan fingerprint density at radius 3 is 2.82 bits per heavy atom. The van der Waals surface area contributed by atoms with Crippen molar-refractivity contribution in [2.75, 3.05) is 0 Å². The fraction of sp³-hybridized carbons (Fsp3) is 0.200. The molecule has 88 valence electrons. The number of nitrogens with two attached hydrogens (primary N) is 1. The van der Waals surface area contributed by atoms with Gasteiger partial charge in [0.1, 0.15) is 5.82 Å². The first-order valence-electron chi connectivity index (χ1n) is 4.96. The zero-order valence-electron chi connectivity index (χ0n) is 9.20. The lowest BCUT2D eigenvalue weighted by Crippen LogP contribution is -2.05. The van der Waals surface area contributed by atoms with E-state index in [1.54, 1.807) is 23.7 Å². The smallest absolute Gasteiger partial charge is 0.270 e. The molecule has 0 fully saturated rings. The highest BCUT2D eigenvalue weighted by atomic mass is 16.6. The van der Waals surface area contributed by atoms with Gasteiger partial charge in [-0.05, 0) is 0 Å². The number of aromatic nitrogens is 3. The van der Waals surface area contributed by atoms with E-state index in [2.05, 4.69) is 10.2 Å². The van der Waals surface area contributed by atoms with Crippen molar-refractivity contribution in [2.24, 2.45) is 12.8 Å². The van der Waals surface area contributed by atoms with Crippen LogP contribution in [0.25, 0.3) is 11.4 Å². The van der Waals surface area contributed by atoms with Gasteiger partial charge in [-0.1, -0.05) is 12.1 Å². The topological polar surface area (TPSA) is 99.9 Å². The first kappa shape index (κ1) is 11.2. The van der Waals surface area contributed by atoms with Gasteiger partial charge in [-0.25, -0.2) is 0 Å². The summed E-state index contributed by atoms with van der Waals surface area (Å²) in [6.45, 7) is 0.276. The van der Waals surface area contributed by atoms with E-state index in [1.807, 2.05) is 0 Å². The predicted molar refractivity (Wildman–Crippen MR) is 61.0 cm³/mol. The van der Waals surface area contributed by atoms with Gasteiger partial charge in [-0.15, -0.1) is 10.2 Å². The second-order valence-corrected chi connectivity index (χ2v) is 3.51. The van der Waals surface area contributed by atoms with Crippen LogP contribution in [0.1, 0.15) is 5.82 Å². The van der Waals surface area contributed by atoms with Crippen molar-refractivity contribution in [3.8, 4) is 11.4 Å². The number of nitro benzene ring substituents is 1. The third-order valence-corrected chi connectivity index (χ3v) is 2.46. The maximum Gasteiger partial charge on any atom is 0.270 e. The summed E-state index contributed by atoms with van der Waals surface area (Å²) < 4.78 is 1.72. The Hall–Kier alpha value is -2.28. The lowest BCUT2D eigenvalue weighted by atomic mass is 10.2. The molecular weight excluding hydrogens is 222 g/mol. The average Bonchev–Trinajstić information content (AvgIpc) is 2.70. The number of nitro groups is 1. The highest BCUT2D eigenvalue weighted by Gasteiger charge is 2.12. The maximum atomic E-state index is 10.7. The number of non-ortho nitro benzene ring substituents is 1. The van der Waals surface area contributed by atoms with Gasteiger partial charge in [0, 0.05) is 24.7 Å². The standard InChI is InChI=1S/C10H11N5O2/c1-14-9(6-11)12-13-10(14)7-3-2-4-8(5-7)15(16)17/h2-5H,6,11H2,1H3. The molecule has 0 spiro atoms. The van der Waals surface area contributed by atoms with Gasteiger partial charge in [0.2, 0.25) is 0 Å². The predicted octanol–water partition coefficient (Wildman–Crippen LogP) is 0.849. The summed E-state index contributed by atoms with van der Waals surface area (Å²) >= 11 is 0. The van der Waals surface area contributed by atoms with Gasteiger partial charge in [-0.2, -0.15) is 0 Å². The van der Waals surface area contributed by atoms with Crippen LogP contribution in [0.5, 0.6) is 0 Å². The first-order valence-corrected chi connectivity index (χ1v) is 4.96. The van der Waals surface area contributed by atoms with Gasteiger partial charge < -0.3 is 10.3 Å². The van der Waals surface area contributed by atoms with Crippen molar-refractivity contribution in [1.29, 1.82) is 0 Å². The van der Waals surface area contributed by atoms with Gasteiger partial charge in [0.15, 0.2) is 5.82 Å². The van der Waals surface area contributed by atoms with E-state index in [4.69, 9.17) is 5.73 Å². The van der Waals surface area contributed by atoms with Crippen LogP contribution in [-0.2, 0) is 13.6 Å². The van der Waals surface area contributed by atoms with Gasteiger partial charge in [-0.3, -0.25) is 10.1 Å². The van der Waals surface area contributed by atoms with Crippen LogP contribution in [0.2, 0.25) is 0 Å². The molecule has 2 aromatic rings. The second kappa shape index (κ2) is 4.30. The molecule has 7 heteroatoms. The van der Waals surface area contributed by atoms with Crippen LogP contribution in [-0.4, -0.2) is 19.7 Å². The van der Waals surface area contributed by atoms with Crippen LogP contribution >= 0.6 is 0 Å². The van der Waals surface area contributed by atoms with Crippen molar-refractivity contribution in [3.63, 3.8) is 0 Å². The monoisotopic (exact) mass is 233 g/mol. The molecule has 1 aromatic heterocycles. The zero-order valence-corrected chi connectivity index (χ0v) is 9.20. The molecule has 7 nitrogen and oxygen atoms in total. The Balaban J connectivity index is 2.49. The maximum absolute atomic E-state index is 10.7. The molecule has 2 rings (SSSR count). The molecule has 0 amide bonds. The molecule has 0 aliphatic heterocycles. The van der Waals surface area contributed by atoms with Crippen LogP contribution in [0.15, 0.2) is 24.3 Å². The van der Waals surface area contributed by atoms with Gasteiger partial charge >= 0.3 is 0 Å². The van der Waals surface area contributed by atoms with Crippen molar-refractivity contribution >= 4 is 5.69 Å². The summed E-state index contributed by atoms with van der Waals surface area (Å²) in [6, 6.07) is 6.26. The summed E-state index contributed by atoms with van der Waals surface area (Å²) in [7, 11) is 1.77. The Morgan fingerprint density at radius 2 is 2.24 bits per heavy atom. The fourth-order valence-corrected chi connectivity index (χ4v) is 1.55. The van der Waals surface area contributed by atoms with Crippen molar-refractivity contribution in [3.05, 3.63) is 40.2 Å². The van der Waals surface area contributed by atoms with E-state index in [0.29, 0.717) is 17.2 Å². The summed E-state index contributed by atoms with van der Waals surface area (Å²) in [5.74, 6) is 1.20. The zero-order chi connectivity index (χ0) is 12.4. The molecule has 1 heterocycles. The average molecular weight is 233 g/mol. The molecule has 17 heavy (non-hydrogen) atoms. The Kier molecular flexibility index (Phi) is 2.84. The van der Waals surface area contributed by atoms with Crippen molar-refractivity contribution < 1.29 is 4.92 Å². The minimum atomic E-state index is -0.441. The molecule has 0 unspecified atom stereocenters. The highest BCUT2D eigenvalue weighted by Crippen LogP contribution is 2.22. The largest absolute Gasteiger partial charge is 0.324 e. The lowest BCUT2D eigenvalue weighted by Gasteiger charge is -2.02. The van der Waals surface area contributed by atoms with Crippen LogP contribution < -0.4 is 5.73 Å². The molecule has 0 bridgehead atoms. The second-order valence-electron chi connectivity index (χ2n) is 3.51. The summed E-state index contributed by atoms with van der Waals surface area (Å²) in [5.41, 5.74) is 6.16. The molecule has 1 aromatic carbocycles. The van der Waals surface area contributed by atoms with Gasteiger partial charge in [0.05, 0.1) is 11.5 Å². The number of hydrogen-bond donors (Lipinski definition) is 1. The number of nitrogens with zero attached hydrogens (tertiary/aromatic N) is 4. The van der Waals surface area contributed by atoms with Crippen molar-refractivity contribution in [1.82, 2.24) is 14.8 Å². The van der Waals surface area contributed by atoms with Gasteiger partial charge in [0.25, 0.3) is 5.69 Å². The summed E-state index contributed by atoms with van der Waals surface area (Å²) in [6.07, 6.45) is 0. The summed E-state index contributed by atoms with van der Waals surface area (Å²) in [4.78, 5) is 10.2. The van der Waals surface area contributed by atoms with Crippen LogP contribution in [0, 0.1) is 10.1 Å². The third-order valence-electron chi connectivity index (χ3n) is 2.46. The molecule has 0 aliphatic rings. The van der Waals surface area contributed by atoms with E-state index < -0.39 is 4.92 Å². The number of benzene rings is 1. The molecule has 0 saturated heterocycles. The molecular formula is C10H11N5O2. The van der Waals surface area contributed by atoms with E-state index >= 15 is 0 Å². The van der Waals surface area contributed by atoms with Crippen molar-refractivity contribution in [2.45, 2.75) is 6.54 Å². The fourth-order valence-electron chi connectivity index (χ4n) is 1.55. The minimum absolute atomic E-state index is 0.0276. The van der Waals surface area contributed by atoms with E-state index in [-0.39, 0.29) is 12.2 Å². The Labute approximate surface area is 97.0 Å². The Morgan fingerprint density at radius 1 is 1.47 bits per heavy atom. The normalized spacial score (nSPS) is 10.5. The van der Waals surface area contributed by atoms with E-state index in [1.165, 1.54) is 12.1 Å². The van der Waals surface area contributed by atoms with Crippen LogP contribution in [0.3, 0.4) is 0 Å². The molecule has 2 N–H and O–H groups in total. The van der Waals surface area contributed by atoms with E-state index in [0.717, 1.165) is 0 Å². The van der Waals surface area contributed by atoms with E-state index in [9.17, 15) is 10.1 Å². The third kappa shape index (κ3) is 2.00. The lowest BCUT2D eigenvalue weighted by molar-refractivity contribution is -0.384. The first-order chi connectivity index (χ1) is 8.13. The van der Waals surface area contributed by atoms with Crippen LogP contribution in [0.4, 0.5) is 5.69 Å². The highest BCUT2D eigenvalue weighted by molar-refractivity contribution is 5.59. The SMILES string of the molecule is Cn1c(CN)nnc1-c1cccc([N+](=O)[O-])c1. The summed E-state index contributed by atoms with van der Waals surface area (Å²) in [5, 5.41) is 18.5. The molecule has 0 atom stereocenters. The minimum Gasteiger partial charge on any atom is -0.324 e. The molecule has 0 aliphatic carbocycles. The molecule has 0 radical (unpaired) electrons.